The minimum atomic E-state index is -0.310. The molecule has 5 aromatic rings. The molecule has 1 saturated heterocycles. The van der Waals surface area contributed by atoms with Gasteiger partial charge in [0.1, 0.15) is 23.0 Å². The highest BCUT2D eigenvalue weighted by Crippen LogP contribution is 2.34. The Balaban J connectivity index is 1.15. The number of rotatable bonds is 6. The van der Waals surface area contributed by atoms with E-state index in [0.717, 1.165) is 11.4 Å². The van der Waals surface area contributed by atoms with E-state index in [-0.39, 0.29) is 17.6 Å². The molecule has 0 aliphatic carbocycles. The molecule has 0 atom stereocenters. The number of hydrogen-bond acceptors (Lipinski definition) is 7. The van der Waals surface area contributed by atoms with Crippen molar-refractivity contribution in [2.75, 3.05) is 23.3 Å². The van der Waals surface area contributed by atoms with Crippen LogP contribution in [0.2, 0.25) is 0 Å². The number of hydrogen-bond donors (Lipinski definition) is 1. The number of halogens is 1. The molecule has 0 spiro atoms. The van der Waals surface area contributed by atoms with Crippen LogP contribution in [0.15, 0.2) is 84.8 Å². The predicted molar refractivity (Wildman–Crippen MR) is 136 cm³/mol. The highest BCUT2D eigenvalue weighted by atomic mass is 32.1. The van der Waals surface area contributed by atoms with Crippen molar-refractivity contribution in [3.63, 3.8) is 0 Å². The molecule has 6 rings (SSSR count). The van der Waals surface area contributed by atoms with E-state index in [9.17, 15) is 9.18 Å². The molecule has 10 heteroatoms. The Morgan fingerprint density at radius 2 is 1.78 bits per heavy atom. The van der Waals surface area contributed by atoms with Gasteiger partial charge in [0.25, 0.3) is 0 Å². The van der Waals surface area contributed by atoms with Crippen molar-refractivity contribution >= 4 is 28.7 Å². The third kappa shape index (κ3) is 4.22. The van der Waals surface area contributed by atoms with Gasteiger partial charge in [0.15, 0.2) is 5.82 Å². The largest absolute Gasteiger partial charge is 0.355 e. The zero-order valence-corrected chi connectivity index (χ0v) is 19.8. The summed E-state index contributed by atoms with van der Waals surface area (Å²) in [6, 6.07) is 17.8. The van der Waals surface area contributed by atoms with E-state index in [4.69, 9.17) is 0 Å². The molecule has 0 bridgehead atoms. The topological polar surface area (TPSA) is 88.8 Å². The summed E-state index contributed by atoms with van der Waals surface area (Å²) in [6.07, 6.45) is 5.01. The van der Waals surface area contributed by atoms with E-state index in [1.54, 1.807) is 29.1 Å². The molecule has 178 valence electrons. The average Bonchev–Trinajstić information content (AvgIpc) is 3.57. The summed E-state index contributed by atoms with van der Waals surface area (Å²) >= 11 is 1.37. The number of anilines is 2. The molecule has 1 N–H and O–H groups in total. The number of thiazole rings is 1. The van der Waals surface area contributed by atoms with Gasteiger partial charge in [-0.1, -0.05) is 30.3 Å². The molecule has 0 unspecified atom stereocenters. The Morgan fingerprint density at radius 3 is 2.58 bits per heavy atom. The van der Waals surface area contributed by atoms with E-state index in [2.05, 4.69) is 25.4 Å². The molecular weight excluding hydrogens is 477 g/mol. The zero-order valence-electron chi connectivity index (χ0n) is 19.0. The van der Waals surface area contributed by atoms with Crippen LogP contribution in [0.4, 0.5) is 15.9 Å². The number of nitrogens with one attached hydrogen (secondary N) is 1. The summed E-state index contributed by atoms with van der Waals surface area (Å²) in [7, 11) is 0. The first-order chi connectivity index (χ1) is 17.7. The molecule has 36 heavy (non-hydrogen) atoms. The van der Waals surface area contributed by atoms with Crippen molar-refractivity contribution in [2.45, 2.75) is 0 Å². The van der Waals surface area contributed by atoms with Crippen LogP contribution in [0.1, 0.15) is 0 Å². The van der Waals surface area contributed by atoms with Crippen LogP contribution in [0, 0.1) is 11.7 Å². The normalized spacial score (nSPS) is 13.4. The summed E-state index contributed by atoms with van der Waals surface area (Å²) < 4.78 is 15.9. The second-order valence-corrected chi connectivity index (χ2v) is 9.20. The maximum atomic E-state index is 14.2. The number of carbonyl (C=O) groups is 1. The molecule has 1 aliphatic heterocycles. The lowest BCUT2D eigenvalue weighted by atomic mass is 9.98. The van der Waals surface area contributed by atoms with Crippen LogP contribution in [-0.2, 0) is 4.79 Å². The minimum absolute atomic E-state index is 0.0652. The van der Waals surface area contributed by atoms with Crippen molar-refractivity contribution in [2.24, 2.45) is 5.92 Å². The van der Waals surface area contributed by atoms with Gasteiger partial charge in [0.05, 0.1) is 17.3 Å². The number of carbonyl (C=O) groups excluding carboxylic acids is 1. The standard InChI is InChI=1S/C26H20FN7OS/c27-20-8-3-1-6-18(20)26-32-22(15-36-26)19-7-2-4-9-21(19)31-25(35)17-13-33(14-17)23-12-24(29-16-28-23)34-11-5-10-30-34/h1-12,15-17H,13-14H2,(H,31,35). The number of para-hydroxylation sites is 1. The van der Waals surface area contributed by atoms with Crippen LogP contribution in [0.3, 0.4) is 0 Å². The smallest absolute Gasteiger partial charge is 0.231 e. The summed E-state index contributed by atoms with van der Waals surface area (Å²) in [5.74, 6) is 0.873. The molecule has 1 amide bonds. The fourth-order valence-electron chi connectivity index (χ4n) is 4.08. The SMILES string of the molecule is O=C(Nc1ccccc1-c1csc(-c2ccccc2F)n1)C1CN(c2cc(-n3cccn3)ncn2)C1. The first kappa shape index (κ1) is 22.1. The lowest BCUT2D eigenvalue weighted by molar-refractivity contribution is -0.120. The molecule has 4 heterocycles. The van der Waals surface area contributed by atoms with Crippen molar-refractivity contribution < 1.29 is 9.18 Å². The predicted octanol–water partition coefficient (Wildman–Crippen LogP) is 4.67. The Labute approximate surface area is 210 Å². The quantitative estimate of drug-likeness (QED) is 0.367. The average molecular weight is 498 g/mol. The highest BCUT2D eigenvalue weighted by Gasteiger charge is 2.34. The van der Waals surface area contributed by atoms with Gasteiger partial charge in [-0.2, -0.15) is 5.10 Å². The number of nitrogens with zero attached hydrogens (tertiary/aromatic N) is 6. The maximum Gasteiger partial charge on any atom is 0.231 e. The van der Waals surface area contributed by atoms with Gasteiger partial charge in [-0.3, -0.25) is 4.79 Å². The van der Waals surface area contributed by atoms with Crippen molar-refractivity contribution in [1.82, 2.24) is 24.7 Å². The van der Waals surface area contributed by atoms with E-state index >= 15 is 0 Å². The number of aromatic nitrogens is 5. The van der Waals surface area contributed by atoms with Gasteiger partial charge in [-0.15, -0.1) is 11.3 Å². The van der Waals surface area contributed by atoms with Crippen LogP contribution in [0.25, 0.3) is 27.6 Å². The highest BCUT2D eigenvalue weighted by molar-refractivity contribution is 7.13. The summed E-state index contributed by atoms with van der Waals surface area (Å²) in [6.45, 7) is 1.11. The molecular formula is C26H20FN7OS. The lowest BCUT2D eigenvalue weighted by Gasteiger charge is -2.39. The first-order valence-corrected chi connectivity index (χ1v) is 12.2. The molecule has 3 aromatic heterocycles. The fourth-order valence-corrected chi connectivity index (χ4v) is 4.92. The van der Waals surface area contributed by atoms with Crippen LogP contribution < -0.4 is 10.2 Å². The Bertz CT molecular complexity index is 1530. The summed E-state index contributed by atoms with van der Waals surface area (Å²) in [4.78, 5) is 28.3. The monoisotopic (exact) mass is 497 g/mol. The second kappa shape index (κ2) is 9.31. The van der Waals surface area contributed by atoms with Gasteiger partial charge >= 0.3 is 0 Å². The molecule has 0 radical (unpaired) electrons. The number of benzene rings is 2. The van der Waals surface area contributed by atoms with Gasteiger partial charge in [-0.05, 0) is 24.3 Å². The van der Waals surface area contributed by atoms with Gasteiger partial charge in [0, 0.05) is 48.1 Å². The van der Waals surface area contributed by atoms with Crippen LogP contribution in [0.5, 0.6) is 0 Å². The van der Waals surface area contributed by atoms with E-state index in [0.29, 0.717) is 40.9 Å². The van der Waals surface area contributed by atoms with E-state index in [1.807, 2.05) is 52.9 Å². The third-order valence-electron chi connectivity index (χ3n) is 6.02. The van der Waals surface area contributed by atoms with Crippen molar-refractivity contribution in [3.05, 3.63) is 90.6 Å². The summed E-state index contributed by atoms with van der Waals surface area (Å²) in [5.41, 5.74) is 2.62. The van der Waals surface area contributed by atoms with Crippen molar-refractivity contribution in [1.29, 1.82) is 0 Å². The fraction of sp³-hybridized carbons (Fsp3) is 0.115. The lowest BCUT2D eigenvalue weighted by Crippen LogP contribution is -2.52. The summed E-state index contributed by atoms with van der Waals surface area (Å²) in [5, 5.41) is 9.73. The molecule has 2 aromatic carbocycles. The number of amides is 1. The zero-order chi connectivity index (χ0) is 24.5. The Kier molecular flexibility index (Phi) is 5.70. The molecule has 8 nitrogen and oxygen atoms in total. The second-order valence-electron chi connectivity index (χ2n) is 8.34. The minimum Gasteiger partial charge on any atom is -0.355 e. The van der Waals surface area contributed by atoms with Crippen LogP contribution >= 0.6 is 11.3 Å². The van der Waals surface area contributed by atoms with E-state index < -0.39 is 0 Å². The van der Waals surface area contributed by atoms with Crippen molar-refractivity contribution in [3.8, 4) is 27.6 Å². The van der Waals surface area contributed by atoms with E-state index in [1.165, 1.54) is 23.7 Å². The third-order valence-corrected chi connectivity index (χ3v) is 6.90. The maximum absolute atomic E-state index is 14.2. The first-order valence-electron chi connectivity index (χ1n) is 11.3. The Morgan fingerprint density at radius 1 is 1.00 bits per heavy atom. The molecule has 0 saturated carbocycles. The van der Waals surface area contributed by atoms with Crippen LogP contribution in [-0.4, -0.2) is 43.7 Å². The molecule has 1 fully saturated rings. The Hall–Kier alpha value is -4.44. The van der Waals surface area contributed by atoms with Gasteiger partial charge in [-0.25, -0.2) is 24.0 Å². The molecule has 1 aliphatic rings. The van der Waals surface area contributed by atoms with Gasteiger partial charge < -0.3 is 10.2 Å². The van der Waals surface area contributed by atoms with Gasteiger partial charge in [0.2, 0.25) is 5.91 Å².